The van der Waals surface area contributed by atoms with E-state index in [-0.39, 0.29) is 5.91 Å². The minimum atomic E-state index is -0.587. The minimum Gasteiger partial charge on any atom is -0.339 e. The molecule has 8 nitrogen and oxygen atoms in total. The maximum atomic E-state index is 13.0. The van der Waals surface area contributed by atoms with Crippen LogP contribution < -0.4 is 4.90 Å². The van der Waals surface area contributed by atoms with Gasteiger partial charge in [-0.1, -0.05) is 0 Å². The average molecular weight is 469 g/mol. The molecule has 7 fully saturated rings. The molecule has 34 heavy (non-hydrogen) atoms. The van der Waals surface area contributed by atoms with Crippen molar-refractivity contribution in [2.24, 2.45) is 29.6 Å². The number of piperazine rings is 1. The molecule has 0 unspecified atom stereocenters. The molecule has 5 aliphatic carbocycles. The molecule has 1 aromatic heterocycles. The fourth-order valence-corrected chi connectivity index (χ4v) is 8.10. The predicted molar refractivity (Wildman–Crippen MR) is 123 cm³/mol. The van der Waals surface area contributed by atoms with E-state index in [2.05, 4.69) is 14.9 Å². The summed E-state index contributed by atoms with van der Waals surface area (Å²) in [5.41, 5.74) is 0. The van der Waals surface area contributed by atoms with Crippen LogP contribution in [0.15, 0.2) is 18.5 Å². The van der Waals surface area contributed by atoms with E-state index in [1.165, 1.54) is 32.1 Å². The molecule has 7 aliphatic rings. The Morgan fingerprint density at radius 1 is 0.912 bits per heavy atom. The molecule has 0 radical (unpaired) electrons. The number of rotatable bonds is 3. The summed E-state index contributed by atoms with van der Waals surface area (Å²) >= 11 is 0. The van der Waals surface area contributed by atoms with Gasteiger partial charge in [0.2, 0.25) is 23.4 Å². The number of hydrogen-bond donors (Lipinski definition) is 0. The number of carbonyl (C=O) groups excluding carboxylic acids is 1. The van der Waals surface area contributed by atoms with Gasteiger partial charge in [-0.25, -0.2) is 9.97 Å². The van der Waals surface area contributed by atoms with E-state index in [0.29, 0.717) is 24.2 Å². The van der Waals surface area contributed by atoms with Gasteiger partial charge in [0.15, 0.2) is 0 Å². The van der Waals surface area contributed by atoms with E-state index >= 15 is 0 Å². The lowest BCUT2D eigenvalue weighted by Crippen LogP contribution is -2.59. The molecule has 184 valence electrons. The fraction of sp³-hybridized carbons (Fsp3) is 0.808. The summed E-state index contributed by atoms with van der Waals surface area (Å²) in [5.74, 6) is 3.11. The number of anilines is 1. The molecule has 4 bridgehead atoms. The van der Waals surface area contributed by atoms with E-state index in [1.54, 1.807) is 12.4 Å². The number of aromatic nitrogens is 2. The number of ether oxygens (including phenoxy) is 1. The van der Waals surface area contributed by atoms with E-state index < -0.39 is 11.6 Å². The van der Waals surface area contributed by atoms with Crippen molar-refractivity contribution >= 4 is 11.9 Å². The Morgan fingerprint density at radius 2 is 1.56 bits per heavy atom. The van der Waals surface area contributed by atoms with Crippen molar-refractivity contribution in [3.8, 4) is 0 Å². The van der Waals surface area contributed by atoms with Gasteiger partial charge in [-0.05, 0) is 68.8 Å². The van der Waals surface area contributed by atoms with Crippen LogP contribution >= 0.6 is 0 Å². The summed E-state index contributed by atoms with van der Waals surface area (Å²) in [4.78, 5) is 38.1. The summed E-state index contributed by atoms with van der Waals surface area (Å²) in [7, 11) is 0. The Kier molecular flexibility index (Phi) is 5.15. The first-order chi connectivity index (χ1) is 16.6. The van der Waals surface area contributed by atoms with Crippen molar-refractivity contribution in [2.75, 3.05) is 31.1 Å². The van der Waals surface area contributed by atoms with Gasteiger partial charge >= 0.3 is 0 Å². The zero-order chi connectivity index (χ0) is 22.8. The van der Waals surface area contributed by atoms with Crippen LogP contribution in [0.2, 0.25) is 0 Å². The van der Waals surface area contributed by atoms with Gasteiger partial charge in [0, 0.05) is 69.7 Å². The first-order valence-electron chi connectivity index (χ1n) is 13.5. The Balaban J connectivity index is 0.916. The van der Waals surface area contributed by atoms with Crippen LogP contribution in [0.4, 0.5) is 5.95 Å². The van der Waals surface area contributed by atoms with Gasteiger partial charge in [-0.3, -0.25) is 4.79 Å². The highest BCUT2D eigenvalue weighted by atomic mass is 17.3. The third-order valence-corrected chi connectivity index (χ3v) is 9.74. The third kappa shape index (κ3) is 3.56. The topological polar surface area (TPSA) is 77.0 Å². The number of hydrogen-bond acceptors (Lipinski definition) is 7. The Labute approximate surface area is 201 Å². The summed E-state index contributed by atoms with van der Waals surface area (Å²) in [6.45, 7) is 3.05. The Hall–Kier alpha value is -1.77. The lowest BCUT2D eigenvalue weighted by atomic mass is 9.53. The van der Waals surface area contributed by atoms with Gasteiger partial charge < -0.3 is 14.5 Å². The average Bonchev–Trinajstić information content (AvgIpc) is 3.24. The van der Waals surface area contributed by atoms with Crippen molar-refractivity contribution in [1.29, 1.82) is 0 Å². The minimum absolute atomic E-state index is 0.275. The SMILES string of the molecule is O=C(CC1CCC2(CC1)OOC1(O2)C2CC3CC(C2)CC1C3)N1CCN(c2ncccn2)CC1. The van der Waals surface area contributed by atoms with Crippen LogP contribution in [0, 0.1) is 29.6 Å². The van der Waals surface area contributed by atoms with Crippen molar-refractivity contribution < 1.29 is 19.3 Å². The lowest BCUT2D eigenvalue weighted by molar-refractivity contribution is -0.390. The van der Waals surface area contributed by atoms with Crippen LogP contribution in [0.1, 0.15) is 64.2 Å². The molecule has 2 saturated heterocycles. The molecular formula is C26H36N4O4. The van der Waals surface area contributed by atoms with Gasteiger partial charge in [-0.2, -0.15) is 9.78 Å². The Morgan fingerprint density at radius 3 is 2.21 bits per heavy atom. The van der Waals surface area contributed by atoms with Crippen molar-refractivity contribution in [2.45, 2.75) is 75.8 Å². The molecule has 3 heterocycles. The van der Waals surface area contributed by atoms with E-state index in [0.717, 1.165) is 69.6 Å². The first-order valence-corrected chi connectivity index (χ1v) is 13.5. The third-order valence-electron chi connectivity index (χ3n) is 9.74. The molecule has 2 aliphatic heterocycles. The highest BCUT2D eigenvalue weighted by molar-refractivity contribution is 5.76. The van der Waals surface area contributed by atoms with Crippen LogP contribution in [0.3, 0.4) is 0 Å². The second-order valence-corrected chi connectivity index (χ2v) is 11.8. The largest absolute Gasteiger partial charge is 0.339 e. The molecular weight excluding hydrogens is 432 g/mol. The van der Waals surface area contributed by atoms with Crippen LogP contribution in [-0.4, -0.2) is 58.5 Å². The first kappa shape index (κ1) is 21.5. The number of nitrogens with zero attached hydrogens (tertiary/aromatic N) is 4. The summed E-state index contributed by atoms with van der Waals surface area (Å²) in [6, 6.07) is 1.83. The Bertz CT molecular complexity index is 883. The zero-order valence-corrected chi connectivity index (χ0v) is 19.9. The lowest BCUT2D eigenvalue weighted by Gasteiger charge is -2.57. The van der Waals surface area contributed by atoms with Crippen molar-refractivity contribution in [1.82, 2.24) is 14.9 Å². The quantitative estimate of drug-likeness (QED) is 0.628. The summed E-state index contributed by atoms with van der Waals surface area (Å²) in [6.07, 6.45) is 14.1. The number of amides is 1. The summed E-state index contributed by atoms with van der Waals surface area (Å²) < 4.78 is 6.82. The van der Waals surface area contributed by atoms with Gasteiger partial charge in [-0.15, -0.1) is 0 Å². The normalized spacial score (nSPS) is 43.2. The van der Waals surface area contributed by atoms with E-state index in [1.807, 2.05) is 11.0 Å². The monoisotopic (exact) mass is 468 g/mol. The molecule has 8 rings (SSSR count). The van der Waals surface area contributed by atoms with Crippen LogP contribution in [-0.2, 0) is 19.3 Å². The van der Waals surface area contributed by atoms with Crippen molar-refractivity contribution in [3.63, 3.8) is 0 Å². The molecule has 5 saturated carbocycles. The summed E-state index contributed by atoms with van der Waals surface area (Å²) in [5, 5.41) is 0. The van der Waals surface area contributed by atoms with Gasteiger partial charge in [0.05, 0.1) is 0 Å². The molecule has 1 amide bonds. The second-order valence-electron chi connectivity index (χ2n) is 11.8. The zero-order valence-electron chi connectivity index (χ0n) is 19.9. The molecule has 2 spiro atoms. The fourth-order valence-electron chi connectivity index (χ4n) is 8.10. The van der Waals surface area contributed by atoms with Crippen LogP contribution in [0.25, 0.3) is 0 Å². The standard InChI is InChI=1S/C26H36N4O4/c31-23(29-8-10-30(11-9-29)24-27-6-1-7-28-24)17-18-2-4-25(5-3-18)32-26(34-33-25)21-13-19-12-20(15-21)16-22(26)14-19/h1,6-7,18-22H,2-5,8-17H2. The smallest absolute Gasteiger partial charge is 0.225 e. The van der Waals surface area contributed by atoms with E-state index in [9.17, 15) is 4.79 Å². The maximum absolute atomic E-state index is 13.0. The molecule has 1 aromatic rings. The predicted octanol–water partition coefficient (Wildman–Crippen LogP) is 3.53. The molecule has 0 atom stereocenters. The molecule has 0 aromatic carbocycles. The molecule has 0 N–H and O–H groups in total. The van der Waals surface area contributed by atoms with E-state index in [4.69, 9.17) is 14.5 Å². The van der Waals surface area contributed by atoms with Crippen molar-refractivity contribution in [3.05, 3.63) is 18.5 Å². The molecule has 8 heteroatoms. The second kappa shape index (κ2) is 8.14. The highest BCUT2D eigenvalue weighted by Crippen LogP contribution is 2.63. The highest BCUT2D eigenvalue weighted by Gasteiger charge is 2.66. The maximum Gasteiger partial charge on any atom is 0.225 e. The van der Waals surface area contributed by atoms with Gasteiger partial charge in [0.1, 0.15) is 0 Å². The van der Waals surface area contributed by atoms with Crippen LogP contribution in [0.5, 0.6) is 0 Å². The number of carbonyl (C=O) groups is 1. The van der Waals surface area contributed by atoms with Gasteiger partial charge in [0.25, 0.3) is 0 Å².